The molecule has 2 aromatic rings. The van der Waals surface area contributed by atoms with Crippen LogP contribution in [0.25, 0.3) is 0 Å². The van der Waals surface area contributed by atoms with Crippen molar-refractivity contribution in [2.75, 3.05) is 11.1 Å². The number of nitrogens with two attached hydrogens (primary N) is 1. The molecule has 3 rings (SSSR count). The lowest BCUT2D eigenvalue weighted by molar-refractivity contribution is 0.538. The highest BCUT2D eigenvalue weighted by Crippen LogP contribution is 2.38. The molecule has 4 nitrogen and oxygen atoms in total. The van der Waals surface area contributed by atoms with Crippen LogP contribution >= 0.6 is 22.6 Å². The van der Waals surface area contributed by atoms with Gasteiger partial charge in [-0.2, -0.15) is 4.98 Å². The molecule has 0 unspecified atom stereocenters. The van der Waals surface area contributed by atoms with Crippen molar-refractivity contribution < 1.29 is 0 Å². The third kappa shape index (κ3) is 2.71. The van der Waals surface area contributed by atoms with Gasteiger partial charge in [-0.1, -0.05) is 30.7 Å². The Morgan fingerprint density at radius 1 is 1.29 bits per heavy atom. The molecule has 1 aromatic heterocycles. The first-order chi connectivity index (χ1) is 9.95. The minimum absolute atomic E-state index is 0.249. The summed E-state index contributed by atoms with van der Waals surface area (Å²) in [6, 6.07) is 6.92. The van der Waals surface area contributed by atoms with Crippen LogP contribution in [-0.2, 0) is 6.42 Å². The lowest BCUT2D eigenvalue weighted by Gasteiger charge is -2.19. The molecular weight excluding hydrogens is 375 g/mol. The molecule has 0 bridgehead atoms. The van der Waals surface area contributed by atoms with Gasteiger partial charge in [-0.15, -0.1) is 0 Å². The van der Waals surface area contributed by atoms with Gasteiger partial charge in [0, 0.05) is 0 Å². The number of rotatable bonds is 2. The van der Waals surface area contributed by atoms with Gasteiger partial charge in [-0.25, -0.2) is 4.98 Å². The van der Waals surface area contributed by atoms with Crippen molar-refractivity contribution in [3.05, 3.63) is 44.2 Å². The average molecular weight is 394 g/mol. The number of nitrogen functional groups attached to an aromatic ring is 1. The highest BCUT2D eigenvalue weighted by atomic mass is 127. The third-order valence-corrected chi connectivity index (χ3v) is 5.41. The molecule has 2 atom stereocenters. The largest absolute Gasteiger partial charge is 0.383 e. The van der Waals surface area contributed by atoms with E-state index in [0.717, 1.165) is 15.7 Å². The zero-order valence-corrected chi connectivity index (χ0v) is 14.6. The van der Waals surface area contributed by atoms with Gasteiger partial charge < -0.3 is 11.1 Å². The molecule has 3 N–H and O–H groups in total. The fourth-order valence-corrected chi connectivity index (χ4v) is 3.21. The topological polar surface area (TPSA) is 63.8 Å². The zero-order valence-electron chi connectivity index (χ0n) is 12.4. The first kappa shape index (κ1) is 14.6. The van der Waals surface area contributed by atoms with Crippen LogP contribution < -0.4 is 11.1 Å². The Bertz CT molecular complexity index is 676. The molecule has 0 amide bonds. The van der Waals surface area contributed by atoms with Crippen LogP contribution in [0.3, 0.4) is 0 Å². The van der Waals surface area contributed by atoms with Crippen LogP contribution in [0.4, 0.5) is 11.8 Å². The summed E-state index contributed by atoms with van der Waals surface area (Å²) in [5.41, 5.74) is 10.9. The summed E-state index contributed by atoms with van der Waals surface area (Å²) in [7, 11) is 0. The van der Waals surface area contributed by atoms with E-state index in [1.807, 2.05) is 6.92 Å². The van der Waals surface area contributed by atoms with E-state index in [0.29, 0.717) is 17.7 Å². The van der Waals surface area contributed by atoms with Crippen molar-refractivity contribution in [1.29, 1.82) is 0 Å². The second kappa shape index (κ2) is 5.44. The molecule has 0 spiro atoms. The Morgan fingerprint density at radius 2 is 2.05 bits per heavy atom. The maximum Gasteiger partial charge on any atom is 0.225 e. The first-order valence-electron chi connectivity index (χ1n) is 7.11. The van der Waals surface area contributed by atoms with E-state index < -0.39 is 0 Å². The Balaban J connectivity index is 1.94. The van der Waals surface area contributed by atoms with Crippen LogP contribution in [0.15, 0.2) is 18.2 Å². The minimum Gasteiger partial charge on any atom is -0.383 e. The van der Waals surface area contributed by atoms with Crippen LogP contribution in [-0.4, -0.2) is 9.97 Å². The van der Waals surface area contributed by atoms with Gasteiger partial charge in [0.25, 0.3) is 0 Å². The third-order valence-electron chi connectivity index (χ3n) is 4.07. The SMILES string of the molecule is Cc1ccc2c(c1)[C@H](Nc1nc(C)c(I)c(N)n1)[C@@H](C)C2. The molecule has 1 aliphatic carbocycles. The summed E-state index contributed by atoms with van der Waals surface area (Å²) >= 11 is 2.18. The Kier molecular flexibility index (Phi) is 3.77. The van der Waals surface area contributed by atoms with Crippen molar-refractivity contribution in [2.24, 2.45) is 5.92 Å². The molecule has 0 radical (unpaired) electrons. The number of fused-ring (bicyclic) bond motifs is 1. The number of halogens is 1. The number of hydrogen-bond acceptors (Lipinski definition) is 4. The lowest BCUT2D eigenvalue weighted by atomic mass is 10.0. The summed E-state index contributed by atoms with van der Waals surface area (Å²) in [5.74, 6) is 1.68. The number of anilines is 2. The molecule has 0 fully saturated rings. The Morgan fingerprint density at radius 3 is 2.76 bits per heavy atom. The highest BCUT2D eigenvalue weighted by molar-refractivity contribution is 14.1. The maximum absolute atomic E-state index is 5.95. The van der Waals surface area contributed by atoms with Crippen LogP contribution in [0.2, 0.25) is 0 Å². The molecular formula is C16H19IN4. The number of aryl methyl sites for hydroxylation is 2. The minimum atomic E-state index is 0.249. The van der Waals surface area contributed by atoms with Crippen LogP contribution in [0.5, 0.6) is 0 Å². The monoisotopic (exact) mass is 394 g/mol. The van der Waals surface area contributed by atoms with Crippen molar-refractivity contribution in [3.8, 4) is 0 Å². The van der Waals surface area contributed by atoms with E-state index in [4.69, 9.17) is 5.73 Å². The Labute approximate surface area is 138 Å². The molecule has 21 heavy (non-hydrogen) atoms. The molecule has 0 aliphatic heterocycles. The fraction of sp³-hybridized carbons (Fsp3) is 0.375. The van der Waals surface area contributed by atoms with Crippen molar-refractivity contribution >= 4 is 34.4 Å². The normalized spacial score (nSPS) is 20.4. The highest BCUT2D eigenvalue weighted by Gasteiger charge is 2.30. The second-order valence-electron chi connectivity index (χ2n) is 5.84. The van der Waals surface area contributed by atoms with E-state index in [9.17, 15) is 0 Å². The first-order valence-corrected chi connectivity index (χ1v) is 8.19. The summed E-state index contributed by atoms with van der Waals surface area (Å²) < 4.78 is 0.925. The fourth-order valence-electron chi connectivity index (χ4n) is 2.97. The molecule has 1 heterocycles. The zero-order chi connectivity index (χ0) is 15.1. The lowest BCUT2D eigenvalue weighted by Crippen LogP contribution is -2.17. The van der Waals surface area contributed by atoms with Crippen molar-refractivity contribution in [2.45, 2.75) is 33.2 Å². The van der Waals surface area contributed by atoms with Gasteiger partial charge in [0.15, 0.2) is 0 Å². The second-order valence-corrected chi connectivity index (χ2v) is 6.92. The predicted octanol–water partition coefficient (Wildman–Crippen LogP) is 3.63. The number of nitrogens with zero attached hydrogens (tertiary/aromatic N) is 2. The van der Waals surface area contributed by atoms with E-state index in [1.165, 1.54) is 16.7 Å². The molecule has 0 saturated heterocycles. The van der Waals surface area contributed by atoms with Gasteiger partial charge in [-0.05, 0) is 59.9 Å². The standard InChI is InChI=1S/C16H19IN4/c1-8-4-5-11-7-9(2)14(12(11)6-8)20-16-19-10(3)13(17)15(18)21-16/h4-6,9,14H,7H2,1-3H3,(H3,18,19,20,21)/t9-,14+/m0/s1. The number of hydrogen-bond donors (Lipinski definition) is 2. The maximum atomic E-state index is 5.95. The summed E-state index contributed by atoms with van der Waals surface area (Å²) in [6.07, 6.45) is 1.09. The van der Waals surface area contributed by atoms with Gasteiger partial charge in [-0.3, -0.25) is 0 Å². The summed E-state index contributed by atoms with van der Waals surface area (Å²) in [5, 5.41) is 3.48. The van der Waals surface area contributed by atoms with Gasteiger partial charge in [0.2, 0.25) is 5.95 Å². The number of aromatic nitrogens is 2. The average Bonchev–Trinajstić information content (AvgIpc) is 2.72. The summed E-state index contributed by atoms with van der Waals surface area (Å²) in [4.78, 5) is 8.89. The summed E-state index contributed by atoms with van der Waals surface area (Å²) in [6.45, 7) is 6.35. The van der Waals surface area contributed by atoms with Gasteiger partial charge >= 0.3 is 0 Å². The quantitative estimate of drug-likeness (QED) is 0.764. The van der Waals surface area contributed by atoms with Crippen LogP contribution in [0.1, 0.15) is 35.3 Å². The van der Waals surface area contributed by atoms with E-state index >= 15 is 0 Å². The van der Waals surface area contributed by atoms with E-state index in [1.54, 1.807) is 0 Å². The molecule has 5 heteroatoms. The number of benzene rings is 1. The van der Waals surface area contributed by atoms with E-state index in [2.05, 4.69) is 69.9 Å². The molecule has 0 saturated carbocycles. The van der Waals surface area contributed by atoms with Crippen LogP contribution in [0, 0.1) is 23.3 Å². The smallest absolute Gasteiger partial charge is 0.225 e. The van der Waals surface area contributed by atoms with Gasteiger partial charge in [0.1, 0.15) is 5.82 Å². The molecule has 1 aliphatic rings. The molecule has 110 valence electrons. The predicted molar refractivity (Wildman–Crippen MR) is 94.3 cm³/mol. The van der Waals surface area contributed by atoms with Crippen molar-refractivity contribution in [1.82, 2.24) is 9.97 Å². The Hall–Kier alpha value is -1.37. The van der Waals surface area contributed by atoms with E-state index in [-0.39, 0.29) is 6.04 Å². The van der Waals surface area contributed by atoms with Crippen molar-refractivity contribution in [3.63, 3.8) is 0 Å². The van der Waals surface area contributed by atoms with Gasteiger partial charge in [0.05, 0.1) is 15.3 Å². The number of nitrogens with one attached hydrogen (secondary N) is 1. The molecule has 1 aromatic carbocycles.